The minimum atomic E-state index is -4.14. The highest BCUT2D eigenvalue weighted by atomic mass is 127. The average Bonchev–Trinajstić information content (AvgIpc) is 2.44. The van der Waals surface area contributed by atoms with Crippen LogP contribution in [0.1, 0.15) is 37.8 Å². The SMILES string of the molecule is CN=C(NCCCCC(F)(F)F)NC(C)c1ccc(F)cc1F.I. The number of halogens is 6. The van der Waals surface area contributed by atoms with Crippen LogP contribution in [0.25, 0.3) is 0 Å². The molecule has 1 atom stereocenters. The summed E-state index contributed by atoms with van der Waals surface area (Å²) in [6.07, 6.45) is -4.61. The molecule has 1 aromatic rings. The van der Waals surface area contributed by atoms with E-state index in [0.29, 0.717) is 18.9 Å². The fourth-order valence-electron chi connectivity index (χ4n) is 1.99. The first-order valence-electron chi connectivity index (χ1n) is 7.22. The van der Waals surface area contributed by atoms with Gasteiger partial charge in [0, 0.05) is 31.6 Å². The molecule has 1 unspecified atom stereocenters. The lowest BCUT2D eigenvalue weighted by atomic mass is 10.1. The number of alkyl halides is 3. The molecule has 0 saturated heterocycles. The molecule has 0 radical (unpaired) electrons. The maximum atomic E-state index is 13.7. The van der Waals surface area contributed by atoms with Crippen LogP contribution >= 0.6 is 24.0 Å². The Morgan fingerprint density at radius 1 is 1.21 bits per heavy atom. The summed E-state index contributed by atoms with van der Waals surface area (Å²) in [5.41, 5.74) is 0.270. The molecule has 2 N–H and O–H groups in total. The molecule has 0 saturated carbocycles. The van der Waals surface area contributed by atoms with Crippen molar-refractivity contribution in [2.24, 2.45) is 4.99 Å². The van der Waals surface area contributed by atoms with E-state index in [-0.39, 0.29) is 36.0 Å². The Morgan fingerprint density at radius 3 is 2.42 bits per heavy atom. The van der Waals surface area contributed by atoms with E-state index in [1.807, 2.05) is 0 Å². The van der Waals surface area contributed by atoms with Crippen molar-refractivity contribution in [3.05, 3.63) is 35.4 Å². The van der Waals surface area contributed by atoms with Crippen LogP contribution < -0.4 is 10.6 Å². The van der Waals surface area contributed by atoms with Crippen molar-refractivity contribution in [2.45, 2.75) is 38.4 Å². The molecular formula is C15H21F5IN3. The third kappa shape index (κ3) is 8.65. The van der Waals surface area contributed by atoms with E-state index in [1.54, 1.807) is 6.92 Å². The minimum Gasteiger partial charge on any atom is -0.356 e. The van der Waals surface area contributed by atoms with Gasteiger partial charge in [0.1, 0.15) is 11.6 Å². The first kappa shape index (κ1) is 22.9. The summed E-state index contributed by atoms with van der Waals surface area (Å²) in [5, 5.41) is 5.77. The molecule has 0 aliphatic carbocycles. The Bertz CT molecular complexity index is 534. The maximum Gasteiger partial charge on any atom is 0.389 e. The lowest BCUT2D eigenvalue weighted by molar-refractivity contribution is -0.135. The van der Waals surface area contributed by atoms with E-state index in [4.69, 9.17) is 0 Å². The predicted octanol–water partition coefficient (Wildman–Crippen LogP) is 4.54. The van der Waals surface area contributed by atoms with Crippen LogP contribution in [0, 0.1) is 11.6 Å². The highest BCUT2D eigenvalue weighted by Gasteiger charge is 2.25. The third-order valence-electron chi connectivity index (χ3n) is 3.19. The van der Waals surface area contributed by atoms with Gasteiger partial charge in [-0.2, -0.15) is 13.2 Å². The summed E-state index contributed by atoms with van der Waals surface area (Å²) in [6, 6.07) is 2.81. The van der Waals surface area contributed by atoms with Crippen LogP contribution in [0.3, 0.4) is 0 Å². The number of benzene rings is 1. The summed E-state index contributed by atoms with van der Waals surface area (Å²) < 4.78 is 62.6. The van der Waals surface area contributed by atoms with Crippen molar-refractivity contribution in [1.82, 2.24) is 10.6 Å². The second-order valence-corrected chi connectivity index (χ2v) is 5.10. The van der Waals surface area contributed by atoms with Crippen LogP contribution in [-0.2, 0) is 0 Å². The molecule has 0 bridgehead atoms. The topological polar surface area (TPSA) is 36.4 Å². The zero-order valence-corrected chi connectivity index (χ0v) is 15.7. The van der Waals surface area contributed by atoms with E-state index in [9.17, 15) is 22.0 Å². The zero-order valence-electron chi connectivity index (χ0n) is 13.4. The van der Waals surface area contributed by atoms with Crippen LogP contribution in [0.4, 0.5) is 22.0 Å². The van der Waals surface area contributed by atoms with E-state index < -0.39 is 30.3 Å². The molecule has 1 aromatic carbocycles. The molecule has 0 aliphatic heterocycles. The van der Waals surface area contributed by atoms with Gasteiger partial charge in [0.25, 0.3) is 0 Å². The third-order valence-corrected chi connectivity index (χ3v) is 3.19. The molecule has 0 aromatic heterocycles. The standard InChI is InChI=1S/C15H20F5N3.HI/c1-10(12-6-5-11(16)9-13(12)17)23-14(21-2)22-8-4-3-7-15(18,19)20;/h5-6,9-10H,3-4,7-8H2,1-2H3,(H2,21,22,23);1H. The van der Waals surface area contributed by atoms with Crippen LogP contribution in [-0.4, -0.2) is 25.7 Å². The zero-order chi connectivity index (χ0) is 17.5. The van der Waals surface area contributed by atoms with Crippen LogP contribution in [0.5, 0.6) is 0 Å². The van der Waals surface area contributed by atoms with Crippen molar-refractivity contribution >= 4 is 29.9 Å². The van der Waals surface area contributed by atoms with E-state index in [1.165, 1.54) is 13.1 Å². The van der Waals surface area contributed by atoms with Crippen molar-refractivity contribution in [3.8, 4) is 0 Å². The number of hydrogen-bond donors (Lipinski definition) is 2. The molecule has 0 heterocycles. The number of rotatable bonds is 6. The number of nitrogens with zero attached hydrogens (tertiary/aromatic N) is 1. The number of hydrogen-bond acceptors (Lipinski definition) is 1. The average molecular weight is 465 g/mol. The minimum absolute atomic E-state index is 0. The Hall–Kier alpha value is -1.13. The summed E-state index contributed by atoms with van der Waals surface area (Å²) in [4.78, 5) is 3.92. The van der Waals surface area contributed by atoms with Gasteiger partial charge in [-0.15, -0.1) is 24.0 Å². The first-order valence-corrected chi connectivity index (χ1v) is 7.22. The Morgan fingerprint density at radius 2 is 1.88 bits per heavy atom. The van der Waals surface area contributed by atoms with Gasteiger partial charge in [0.05, 0.1) is 6.04 Å². The van der Waals surface area contributed by atoms with Gasteiger partial charge in [-0.1, -0.05) is 6.07 Å². The van der Waals surface area contributed by atoms with Gasteiger partial charge in [-0.05, 0) is 25.8 Å². The van der Waals surface area contributed by atoms with Gasteiger partial charge >= 0.3 is 6.18 Å². The van der Waals surface area contributed by atoms with E-state index >= 15 is 0 Å². The molecule has 138 valence electrons. The van der Waals surface area contributed by atoms with Gasteiger partial charge < -0.3 is 10.6 Å². The van der Waals surface area contributed by atoms with Gasteiger partial charge in [-0.25, -0.2) is 8.78 Å². The Balaban J connectivity index is 0.00000529. The molecule has 24 heavy (non-hydrogen) atoms. The summed E-state index contributed by atoms with van der Waals surface area (Å²) in [5.74, 6) is -0.996. The number of aliphatic imine (C=N–C) groups is 1. The van der Waals surface area contributed by atoms with Crippen LogP contribution in [0.15, 0.2) is 23.2 Å². The Labute approximate surface area is 155 Å². The normalized spacial score (nSPS) is 13.2. The van der Waals surface area contributed by atoms with Crippen LogP contribution in [0.2, 0.25) is 0 Å². The fourth-order valence-corrected chi connectivity index (χ4v) is 1.99. The molecule has 0 spiro atoms. The molecule has 9 heteroatoms. The first-order chi connectivity index (χ1) is 10.7. The maximum absolute atomic E-state index is 13.7. The summed E-state index contributed by atoms with van der Waals surface area (Å²) in [6.45, 7) is 1.99. The van der Waals surface area contributed by atoms with Crippen molar-refractivity contribution in [1.29, 1.82) is 0 Å². The second kappa shape index (κ2) is 10.7. The Kier molecular flexibility index (Phi) is 10.2. The molecule has 0 amide bonds. The largest absolute Gasteiger partial charge is 0.389 e. The number of guanidine groups is 1. The fraction of sp³-hybridized carbons (Fsp3) is 0.533. The monoisotopic (exact) mass is 465 g/mol. The van der Waals surface area contributed by atoms with Gasteiger partial charge in [0.15, 0.2) is 5.96 Å². The molecule has 3 nitrogen and oxygen atoms in total. The van der Waals surface area contributed by atoms with Crippen molar-refractivity contribution < 1.29 is 22.0 Å². The van der Waals surface area contributed by atoms with Crippen molar-refractivity contribution in [3.63, 3.8) is 0 Å². The molecule has 0 fully saturated rings. The summed E-state index contributed by atoms with van der Waals surface area (Å²) >= 11 is 0. The van der Waals surface area contributed by atoms with E-state index in [2.05, 4.69) is 15.6 Å². The predicted molar refractivity (Wildman–Crippen MR) is 94.6 cm³/mol. The van der Waals surface area contributed by atoms with E-state index in [0.717, 1.165) is 12.1 Å². The quantitative estimate of drug-likeness (QED) is 0.213. The summed E-state index contributed by atoms with van der Waals surface area (Å²) in [7, 11) is 1.50. The molecule has 0 aliphatic rings. The number of unbranched alkanes of at least 4 members (excludes halogenated alkanes) is 1. The second-order valence-electron chi connectivity index (χ2n) is 5.10. The van der Waals surface area contributed by atoms with Gasteiger partial charge in [0.2, 0.25) is 0 Å². The lowest BCUT2D eigenvalue weighted by Crippen LogP contribution is -2.39. The smallest absolute Gasteiger partial charge is 0.356 e. The highest BCUT2D eigenvalue weighted by Crippen LogP contribution is 2.22. The lowest BCUT2D eigenvalue weighted by Gasteiger charge is -2.19. The number of nitrogens with one attached hydrogen (secondary N) is 2. The van der Waals surface area contributed by atoms with Crippen molar-refractivity contribution in [2.75, 3.05) is 13.6 Å². The molecular weight excluding hydrogens is 444 g/mol. The molecule has 1 rings (SSSR count). The highest BCUT2D eigenvalue weighted by molar-refractivity contribution is 14.0. The van der Waals surface area contributed by atoms with Gasteiger partial charge in [-0.3, -0.25) is 4.99 Å².